The molecule has 3 nitrogen and oxygen atoms in total. The molecule has 1 aliphatic heterocycles. The number of fused-ring (bicyclic) bond motifs is 1. The van der Waals surface area contributed by atoms with Gasteiger partial charge in [-0.3, -0.25) is 4.79 Å². The lowest BCUT2D eigenvalue weighted by atomic mass is 10.0. The maximum absolute atomic E-state index is 12.4. The van der Waals surface area contributed by atoms with Crippen molar-refractivity contribution in [1.29, 1.82) is 0 Å². The van der Waals surface area contributed by atoms with E-state index in [9.17, 15) is 4.79 Å². The third kappa shape index (κ3) is 4.57. The molecule has 2 aromatic rings. The van der Waals surface area contributed by atoms with Crippen LogP contribution in [-0.4, -0.2) is 35.0 Å². The van der Waals surface area contributed by atoms with E-state index in [1.807, 2.05) is 23.9 Å². The van der Waals surface area contributed by atoms with Crippen LogP contribution < -0.4 is 11.1 Å². The summed E-state index contributed by atoms with van der Waals surface area (Å²) in [5, 5.41) is 5.55. The van der Waals surface area contributed by atoms with Crippen LogP contribution in [0.2, 0.25) is 0 Å². The van der Waals surface area contributed by atoms with E-state index in [4.69, 9.17) is 5.73 Å². The molecule has 3 N–H and O–H groups in total. The molecule has 124 valence electrons. The first kappa shape index (κ1) is 18.5. The minimum Gasteiger partial charge on any atom is -0.347 e. The van der Waals surface area contributed by atoms with E-state index in [1.165, 1.54) is 10.8 Å². The number of halogens is 1. The van der Waals surface area contributed by atoms with E-state index < -0.39 is 0 Å². The monoisotopic (exact) mass is 368 g/mol. The highest BCUT2D eigenvalue weighted by Crippen LogP contribution is 2.25. The fourth-order valence-electron chi connectivity index (χ4n) is 2.61. The number of nitrogens with one attached hydrogen (secondary N) is 1. The molecule has 1 amide bonds. The summed E-state index contributed by atoms with van der Waals surface area (Å²) in [6.07, 6.45) is 0. The van der Waals surface area contributed by atoms with Crippen LogP contribution in [0.15, 0.2) is 42.5 Å². The molecule has 2 atom stereocenters. The van der Waals surface area contributed by atoms with Crippen LogP contribution in [0, 0.1) is 0 Å². The van der Waals surface area contributed by atoms with Gasteiger partial charge in [-0.2, -0.15) is 11.8 Å². The Balaban J connectivity index is 0.00000192. The van der Waals surface area contributed by atoms with Crippen LogP contribution in [0.3, 0.4) is 0 Å². The van der Waals surface area contributed by atoms with Gasteiger partial charge in [-0.05, 0) is 22.4 Å². The molecule has 1 saturated heterocycles. The summed E-state index contributed by atoms with van der Waals surface area (Å²) >= 11 is 3.60. The van der Waals surface area contributed by atoms with Crippen LogP contribution in [-0.2, 0) is 4.79 Å². The van der Waals surface area contributed by atoms with Crippen molar-refractivity contribution in [1.82, 2.24) is 5.32 Å². The largest absolute Gasteiger partial charge is 0.347 e. The van der Waals surface area contributed by atoms with Crippen molar-refractivity contribution in [3.8, 4) is 0 Å². The van der Waals surface area contributed by atoms with Gasteiger partial charge in [-0.15, -0.1) is 24.2 Å². The van der Waals surface area contributed by atoms with E-state index in [-0.39, 0.29) is 29.6 Å². The molecule has 0 aliphatic carbocycles. The number of nitrogens with two attached hydrogens (primary N) is 1. The van der Waals surface area contributed by atoms with Gasteiger partial charge >= 0.3 is 0 Å². The number of hydrogen-bond acceptors (Lipinski definition) is 4. The van der Waals surface area contributed by atoms with Crippen LogP contribution in [0.1, 0.15) is 11.6 Å². The maximum Gasteiger partial charge on any atom is 0.234 e. The predicted octanol–water partition coefficient (Wildman–Crippen LogP) is 3.23. The van der Waals surface area contributed by atoms with E-state index in [0.29, 0.717) is 6.54 Å². The van der Waals surface area contributed by atoms with Gasteiger partial charge in [0.1, 0.15) is 0 Å². The molecule has 0 bridgehead atoms. The Kier molecular flexibility index (Phi) is 7.09. The molecule has 1 aliphatic rings. The summed E-state index contributed by atoms with van der Waals surface area (Å²) in [6.45, 7) is 0.411. The second-order valence-corrected chi connectivity index (χ2v) is 7.80. The first-order chi connectivity index (χ1) is 10.8. The summed E-state index contributed by atoms with van der Waals surface area (Å²) in [7, 11) is 0. The summed E-state index contributed by atoms with van der Waals surface area (Å²) in [6, 6.07) is 14.4. The minimum absolute atomic E-state index is 0. The van der Waals surface area contributed by atoms with Crippen molar-refractivity contribution >= 4 is 52.6 Å². The standard InChI is InChI=1S/C17H20N2OS2.ClH/c18-10-15(19-17(20)16-11-21-7-8-22-16)14-6-5-12-3-1-2-4-13(12)9-14;/h1-6,9,15-16H,7-8,10-11,18H2,(H,19,20);1H. The van der Waals surface area contributed by atoms with E-state index >= 15 is 0 Å². The molecule has 1 heterocycles. The molecule has 23 heavy (non-hydrogen) atoms. The topological polar surface area (TPSA) is 55.1 Å². The molecule has 0 saturated carbocycles. The predicted molar refractivity (Wildman–Crippen MR) is 105 cm³/mol. The third-order valence-corrected chi connectivity index (χ3v) is 6.59. The Morgan fingerprint density at radius 1 is 1.22 bits per heavy atom. The zero-order chi connectivity index (χ0) is 15.4. The SMILES string of the molecule is Cl.NCC(NC(=O)C1CSCCS1)c1ccc2ccccc2c1. The van der Waals surface area contributed by atoms with E-state index in [2.05, 4.69) is 35.6 Å². The Morgan fingerprint density at radius 3 is 2.70 bits per heavy atom. The first-order valence-electron chi connectivity index (χ1n) is 7.46. The Labute approximate surface area is 151 Å². The highest BCUT2D eigenvalue weighted by Gasteiger charge is 2.24. The number of hydrogen-bond donors (Lipinski definition) is 2. The van der Waals surface area contributed by atoms with Crippen molar-refractivity contribution < 1.29 is 4.79 Å². The van der Waals surface area contributed by atoms with Gasteiger partial charge in [0.25, 0.3) is 0 Å². The second kappa shape index (κ2) is 8.83. The summed E-state index contributed by atoms with van der Waals surface area (Å²) in [4.78, 5) is 12.4. The highest BCUT2D eigenvalue weighted by molar-refractivity contribution is 8.07. The average molecular weight is 369 g/mol. The summed E-state index contributed by atoms with van der Waals surface area (Å²) in [5.74, 6) is 3.19. The van der Waals surface area contributed by atoms with Crippen LogP contribution in [0.4, 0.5) is 0 Å². The molecule has 2 unspecified atom stereocenters. The Morgan fingerprint density at radius 2 is 2.00 bits per heavy atom. The lowest BCUT2D eigenvalue weighted by Gasteiger charge is -2.24. The number of rotatable bonds is 4. The normalized spacial score (nSPS) is 18.9. The van der Waals surface area contributed by atoms with Crippen molar-refractivity contribution in [3.63, 3.8) is 0 Å². The van der Waals surface area contributed by atoms with Crippen LogP contribution >= 0.6 is 35.9 Å². The number of amides is 1. The number of benzene rings is 2. The van der Waals surface area contributed by atoms with Crippen LogP contribution in [0.5, 0.6) is 0 Å². The van der Waals surface area contributed by atoms with Gasteiger partial charge in [0, 0.05) is 23.8 Å². The lowest BCUT2D eigenvalue weighted by Crippen LogP contribution is -2.40. The average Bonchev–Trinajstić information content (AvgIpc) is 2.59. The molecule has 0 aromatic heterocycles. The molecular formula is C17H21ClN2OS2. The lowest BCUT2D eigenvalue weighted by molar-refractivity contribution is -0.120. The molecule has 3 rings (SSSR count). The van der Waals surface area contributed by atoms with Gasteiger partial charge in [0.15, 0.2) is 0 Å². The smallest absolute Gasteiger partial charge is 0.234 e. The van der Waals surface area contributed by atoms with Gasteiger partial charge in [-0.25, -0.2) is 0 Å². The van der Waals surface area contributed by atoms with Crippen molar-refractivity contribution in [2.75, 3.05) is 23.8 Å². The Hall–Kier alpha value is -0.880. The zero-order valence-corrected chi connectivity index (χ0v) is 15.2. The maximum atomic E-state index is 12.4. The first-order valence-corrected chi connectivity index (χ1v) is 9.67. The fourth-order valence-corrected chi connectivity index (χ4v) is 5.17. The minimum atomic E-state index is -0.121. The molecule has 6 heteroatoms. The van der Waals surface area contributed by atoms with Crippen molar-refractivity contribution in [3.05, 3.63) is 48.0 Å². The third-order valence-electron chi connectivity index (χ3n) is 3.84. The quantitative estimate of drug-likeness (QED) is 0.869. The summed E-state index contributed by atoms with van der Waals surface area (Å²) < 4.78 is 0. The van der Waals surface area contributed by atoms with Gasteiger partial charge in [0.05, 0.1) is 11.3 Å². The van der Waals surface area contributed by atoms with Crippen LogP contribution in [0.25, 0.3) is 10.8 Å². The summed E-state index contributed by atoms with van der Waals surface area (Å²) in [5.41, 5.74) is 6.97. The van der Waals surface area contributed by atoms with Crippen molar-refractivity contribution in [2.45, 2.75) is 11.3 Å². The van der Waals surface area contributed by atoms with Gasteiger partial charge < -0.3 is 11.1 Å². The highest BCUT2D eigenvalue weighted by atomic mass is 35.5. The second-order valence-electron chi connectivity index (χ2n) is 5.34. The van der Waals surface area contributed by atoms with Gasteiger partial charge in [-0.1, -0.05) is 36.4 Å². The molecule has 2 aromatic carbocycles. The molecular weight excluding hydrogens is 348 g/mol. The van der Waals surface area contributed by atoms with E-state index in [1.54, 1.807) is 11.8 Å². The number of carbonyl (C=O) groups is 1. The molecule has 0 radical (unpaired) electrons. The molecule has 1 fully saturated rings. The van der Waals surface area contributed by atoms with Crippen molar-refractivity contribution in [2.24, 2.45) is 5.73 Å². The fraction of sp³-hybridized carbons (Fsp3) is 0.353. The Bertz CT molecular complexity index is 662. The number of thioether (sulfide) groups is 2. The molecule has 0 spiro atoms. The van der Waals surface area contributed by atoms with E-state index in [0.717, 1.165) is 22.8 Å². The number of carbonyl (C=O) groups excluding carboxylic acids is 1. The van der Waals surface area contributed by atoms with Gasteiger partial charge in [0.2, 0.25) is 5.91 Å². The zero-order valence-electron chi connectivity index (χ0n) is 12.7.